The van der Waals surface area contributed by atoms with Crippen LogP contribution in [0.25, 0.3) is 0 Å². The molecule has 2 amide bonds. The summed E-state index contributed by atoms with van der Waals surface area (Å²) in [6, 6.07) is 6.38. The molecule has 1 aromatic carbocycles. The summed E-state index contributed by atoms with van der Waals surface area (Å²) >= 11 is 0. The Morgan fingerprint density at radius 3 is 2.51 bits per heavy atom. The third-order valence-electron chi connectivity index (χ3n) is 8.73. The van der Waals surface area contributed by atoms with Gasteiger partial charge in [0.15, 0.2) is 5.82 Å². The predicted molar refractivity (Wildman–Crippen MR) is 144 cm³/mol. The van der Waals surface area contributed by atoms with E-state index < -0.39 is 0 Å². The SMILES string of the molecule is CC[C@@H]1C(=O)N(C)c2cnc(Nc3ccc4c(c3)CN(C3CCN(C)CC3)C4=O)nc2N1C1CCCC1. The number of hydrogen-bond acceptors (Lipinski definition) is 7. The molecule has 1 N–H and O–H groups in total. The van der Waals surface area contributed by atoms with Crippen LogP contribution in [0, 0.1) is 0 Å². The predicted octanol–water partition coefficient (Wildman–Crippen LogP) is 3.77. The molecule has 2 aromatic rings. The average Bonchev–Trinajstić information content (AvgIpc) is 3.55. The quantitative estimate of drug-likeness (QED) is 0.665. The molecule has 0 unspecified atom stereocenters. The van der Waals surface area contributed by atoms with Gasteiger partial charge in [0.25, 0.3) is 5.91 Å². The van der Waals surface area contributed by atoms with Gasteiger partial charge < -0.3 is 24.9 Å². The van der Waals surface area contributed by atoms with Crippen LogP contribution in [-0.2, 0) is 11.3 Å². The normalized spacial score (nSPS) is 23.1. The largest absolute Gasteiger partial charge is 0.340 e. The highest BCUT2D eigenvalue weighted by molar-refractivity contribution is 6.04. The van der Waals surface area contributed by atoms with E-state index in [-0.39, 0.29) is 17.9 Å². The second-order valence-corrected chi connectivity index (χ2v) is 11.0. The topological polar surface area (TPSA) is 84.9 Å². The molecule has 1 saturated carbocycles. The molecule has 0 bridgehead atoms. The molecule has 0 radical (unpaired) electrons. The summed E-state index contributed by atoms with van der Waals surface area (Å²) in [5.74, 6) is 1.61. The first-order valence-corrected chi connectivity index (χ1v) is 13.8. The Morgan fingerprint density at radius 2 is 1.78 bits per heavy atom. The highest BCUT2D eigenvalue weighted by Crippen LogP contribution is 2.40. The molecule has 1 aromatic heterocycles. The van der Waals surface area contributed by atoms with Crippen molar-refractivity contribution in [3.63, 3.8) is 0 Å². The number of piperidine rings is 1. The second kappa shape index (κ2) is 9.59. The monoisotopic (exact) mass is 503 g/mol. The van der Waals surface area contributed by atoms with Crippen molar-refractivity contribution >= 4 is 35.0 Å². The van der Waals surface area contributed by atoms with Crippen LogP contribution in [0.5, 0.6) is 0 Å². The lowest BCUT2D eigenvalue weighted by atomic mass is 10.0. The van der Waals surface area contributed by atoms with Crippen molar-refractivity contribution in [2.24, 2.45) is 0 Å². The molecule has 3 aliphatic heterocycles. The fourth-order valence-electron chi connectivity index (χ4n) is 6.59. The maximum Gasteiger partial charge on any atom is 0.254 e. The molecule has 4 aliphatic rings. The summed E-state index contributed by atoms with van der Waals surface area (Å²) < 4.78 is 0. The van der Waals surface area contributed by atoms with Crippen molar-refractivity contribution in [2.45, 2.75) is 76.5 Å². The van der Waals surface area contributed by atoms with Crippen LogP contribution < -0.4 is 15.1 Å². The van der Waals surface area contributed by atoms with Crippen molar-refractivity contribution < 1.29 is 9.59 Å². The number of nitrogens with zero attached hydrogens (tertiary/aromatic N) is 6. The van der Waals surface area contributed by atoms with Crippen LogP contribution in [0.3, 0.4) is 0 Å². The van der Waals surface area contributed by atoms with Gasteiger partial charge in [0.05, 0.1) is 6.20 Å². The minimum absolute atomic E-state index is 0.115. The van der Waals surface area contributed by atoms with Gasteiger partial charge in [-0.15, -0.1) is 0 Å². The molecule has 6 rings (SSSR count). The number of aromatic nitrogens is 2. The third kappa shape index (κ3) is 4.23. The smallest absolute Gasteiger partial charge is 0.254 e. The zero-order chi connectivity index (χ0) is 25.7. The molecule has 1 saturated heterocycles. The lowest BCUT2D eigenvalue weighted by molar-refractivity contribution is -0.120. The highest BCUT2D eigenvalue weighted by atomic mass is 16.2. The zero-order valence-electron chi connectivity index (χ0n) is 22.1. The van der Waals surface area contributed by atoms with E-state index in [9.17, 15) is 9.59 Å². The summed E-state index contributed by atoms with van der Waals surface area (Å²) in [5, 5.41) is 3.38. The number of rotatable bonds is 5. The van der Waals surface area contributed by atoms with Crippen LogP contribution in [0.15, 0.2) is 24.4 Å². The third-order valence-corrected chi connectivity index (χ3v) is 8.73. The Morgan fingerprint density at radius 1 is 1.03 bits per heavy atom. The molecule has 9 nitrogen and oxygen atoms in total. The van der Waals surface area contributed by atoms with Crippen LogP contribution in [0.2, 0.25) is 0 Å². The molecule has 0 spiro atoms. The van der Waals surface area contributed by atoms with Crippen molar-refractivity contribution in [3.8, 4) is 0 Å². The van der Waals surface area contributed by atoms with Crippen molar-refractivity contribution in [1.82, 2.24) is 19.8 Å². The molecule has 4 heterocycles. The van der Waals surface area contributed by atoms with E-state index >= 15 is 0 Å². The maximum absolute atomic E-state index is 13.1. The van der Waals surface area contributed by atoms with Crippen molar-refractivity contribution in [3.05, 3.63) is 35.5 Å². The molecule has 1 aliphatic carbocycles. The molecule has 9 heteroatoms. The number of amides is 2. The van der Waals surface area contributed by atoms with Crippen molar-refractivity contribution in [1.29, 1.82) is 0 Å². The maximum atomic E-state index is 13.1. The summed E-state index contributed by atoms with van der Waals surface area (Å²) in [6.45, 7) is 4.80. The van der Waals surface area contributed by atoms with E-state index in [0.29, 0.717) is 24.6 Å². The standard InChI is InChI=1S/C28H37N7O2/c1-4-23-27(37)33(3)24-16-29-28(31-25(24)35(23)21-7-5-6-8-21)30-19-9-10-22-18(15-19)17-34(26(22)36)20-11-13-32(2)14-12-20/h9-10,15-16,20-21,23H,4-8,11-14,17H2,1-3H3,(H,29,30,31)/t23-/m1/s1. The van der Waals surface area contributed by atoms with Crippen molar-refractivity contribution in [2.75, 3.05) is 42.3 Å². The van der Waals surface area contributed by atoms with Gasteiger partial charge in [0.1, 0.15) is 11.7 Å². The number of carbonyl (C=O) groups is 2. The molecule has 37 heavy (non-hydrogen) atoms. The molecular formula is C28H37N7O2. The van der Waals surface area contributed by atoms with Crippen LogP contribution in [-0.4, -0.2) is 76.9 Å². The number of fused-ring (bicyclic) bond motifs is 2. The number of likely N-dealkylation sites (tertiary alicyclic amines) is 1. The number of carbonyl (C=O) groups excluding carboxylic acids is 2. The first-order chi connectivity index (χ1) is 17.9. The van der Waals surface area contributed by atoms with E-state index in [2.05, 4.69) is 40.1 Å². The van der Waals surface area contributed by atoms with E-state index in [4.69, 9.17) is 4.98 Å². The Labute approximate surface area is 218 Å². The van der Waals surface area contributed by atoms with Gasteiger partial charge in [-0.1, -0.05) is 19.8 Å². The summed E-state index contributed by atoms with van der Waals surface area (Å²) in [7, 11) is 3.96. The summed E-state index contributed by atoms with van der Waals surface area (Å²) in [5.41, 5.74) is 3.49. The summed E-state index contributed by atoms with van der Waals surface area (Å²) in [6.07, 6.45) is 9.12. The molecular weight excluding hydrogens is 466 g/mol. The molecule has 196 valence electrons. The lowest BCUT2D eigenvalue weighted by Crippen LogP contribution is -2.55. The Balaban J connectivity index is 1.25. The number of anilines is 4. The number of hydrogen-bond donors (Lipinski definition) is 1. The minimum atomic E-state index is -0.195. The molecule has 2 fully saturated rings. The fraction of sp³-hybridized carbons (Fsp3) is 0.571. The Bertz CT molecular complexity index is 1200. The van der Waals surface area contributed by atoms with E-state index in [1.54, 1.807) is 11.1 Å². The Kier molecular flexibility index (Phi) is 6.26. The van der Waals surface area contributed by atoms with Crippen LogP contribution >= 0.6 is 0 Å². The van der Waals surface area contributed by atoms with Gasteiger partial charge in [0.2, 0.25) is 11.9 Å². The zero-order valence-corrected chi connectivity index (χ0v) is 22.1. The van der Waals surface area contributed by atoms with Gasteiger partial charge in [-0.2, -0.15) is 4.98 Å². The van der Waals surface area contributed by atoms with E-state index in [1.165, 1.54) is 12.8 Å². The highest BCUT2D eigenvalue weighted by Gasteiger charge is 2.41. The second-order valence-electron chi connectivity index (χ2n) is 11.0. The van der Waals surface area contributed by atoms with Crippen LogP contribution in [0.4, 0.5) is 23.1 Å². The molecule has 1 atom stereocenters. The lowest BCUT2D eigenvalue weighted by Gasteiger charge is -2.43. The van der Waals surface area contributed by atoms with Gasteiger partial charge in [-0.3, -0.25) is 9.59 Å². The first-order valence-electron chi connectivity index (χ1n) is 13.8. The van der Waals surface area contributed by atoms with Crippen LogP contribution in [0.1, 0.15) is 67.8 Å². The van der Waals surface area contributed by atoms with Gasteiger partial charge >= 0.3 is 0 Å². The minimum Gasteiger partial charge on any atom is -0.340 e. The summed E-state index contributed by atoms with van der Waals surface area (Å²) in [4.78, 5) is 44.1. The van der Waals surface area contributed by atoms with Gasteiger partial charge in [-0.05, 0) is 76.0 Å². The van der Waals surface area contributed by atoms with E-state index in [1.807, 2.05) is 24.1 Å². The number of likely N-dealkylation sites (N-methyl/N-ethyl adjacent to an activating group) is 1. The first kappa shape index (κ1) is 24.2. The van der Waals surface area contributed by atoms with Gasteiger partial charge in [-0.25, -0.2) is 4.98 Å². The number of nitrogens with one attached hydrogen (secondary N) is 1. The van der Waals surface area contributed by atoms with E-state index in [0.717, 1.165) is 73.5 Å². The fourth-order valence-corrected chi connectivity index (χ4v) is 6.59. The van der Waals surface area contributed by atoms with Gasteiger partial charge in [0, 0.05) is 36.9 Å². The number of benzene rings is 1. The average molecular weight is 504 g/mol. The Hall–Kier alpha value is -3.20.